The highest BCUT2D eigenvalue weighted by atomic mass is 16.5. The minimum Gasteiger partial charge on any atom is -0.497 e. The lowest BCUT2D eigenvalue weighted by molar-refractivity contribution is -0.136. The summed E-state index contributed by atoms with van der Waals surface area (Å²) in [5.41, 5.74) is 1.12. The van der Waals surface area contributed by atoms with E-state index >= 15 is 0 Å². The van der Waals surface area contributed by atoms with E-state index in [1.54, 1.807) is 14.0 Å². The highest BCUT2D eigenvalue weighted by molar-refractivity contribution is 5.87. The molecule has 1 heterocycles. The molecule has 2 atom stereocenters. The number of urea groups is 1. The molecule has 2 N–H and O–H groups in total. The van der Waals surface area contributed by atoms with E-state index in [2.05, 4.69) is 17.6 Å². The fraction of sp³-hybridized carbons (Fsp3) is 0.579. The van der Waals surface area contributed by atoms with Gasteiger partial charge in [-0.05, 0) is 57.2 Å². The summed E-state index contributed by atoms with van der Waals surface area (Å²) in [6.07, 6.45) is 3.96. The zero-order valence-electron chi connectivity index (χ0n) is 15.4. The van der Waals surface area contributed by atoms with E-state index in [1.807, 2.05) is 29.2 Å². The van der Waals surface area contributed by atoms with Gasteiger partial charge in [0.25, 0.3) is 0 Å². The van der Waals surface area contributed by atoms with Gasteiger partial charge in [-0.3, -0.25) is 4.79 Å². The normalized spacial score (nSPS) is 18.4. The number of likely N-dealkylation sites (tertiary alicyclic amines) is 1. The lowest BCUT2D eigenvalue weighted by Crippen LogP contribution is -2.53. The van der Waals surface area contributed by atoms with Crippen LogP contribution in [0.15, 0.2) is 24.3 Å². The molecule has 1 aromatic rings. The van der Waals surface area contributed by atoms with Gasteiger partial charge in [-0.25, -0.2) is 4.79 Å². The molecule has 1 aliphatic rings. The van der Waals surface area contributed by atoms with Gasteiger partial charge in [-0.15, -0.1) is 0 Å². The SMILES string of the molecule is COc1ccc(CCNC(=O)N[C@H](C)C(=O)N2CCCC[C@H]2C)cc1. The highest BCUT2D eigenvalue weighted by Crippen LogP contribution is 2.17. The van der Waals surface area contributed by atoms with E-state index in [-0.39, 0.29) is 18.0 Å². The molecule has 0 spiro atoms. The molecule has 0 bridgehead atoms. The van der Waals surface area contributed by atoms with Crippen LogP contribution in [0.1, 0.15) is 38.7 Å². The summed E-state index contributed by atoms with van der Waals surface area (Å²) < 4.78 is 5.12. The molecule has 6 nitrogen and oxygen atoms in total. The Balaban J connectivity index is 1.72. The van der Waals surface area contributed by atoms with E-state index in [1.165, 1.54) is 6.42 Å². The van der Waals surface area contributed by atoms with E-state index < -0.39 is 6.04 Å². The predicted molar refractivity (Wildman–Crippen MR) is 97.7 cm³/mol. The van der Waals surface area contributed by atoms with Crippen molar-refractivity contribution in [3.05, 3.63) is 29.8 Å². The highest BCUT2D eigenvalue weighted by Gasteiger charge is 2.27. The topological polar surface area (TPSA) is 70.7 Å². The molecule has 0 radical (unpaired) electrons. The van der Waals surface area contributed by atoms with Gasteiger partial charge in [-0.2, -0.15) is 0 Å². The van der Waals surface area contributed by atoms with Crippen LogP contribution in [0.2, 0.25) is 0 Å². The second kappa shape index (κ2) is 9.30. The first-order valence-corrected chi connectivity index (χ1v) is 8.99. The molecule has 138 valence electrons. The average molecular weight is 347 g/mol. The molecule has 0 saturated carbocycles. The second-order valence-electron chi connectivity index (χ2n) is 6.60. The number of nitrogens with zero attached hydrogens (tertiary/aromatic N) is 1. The van der Waals surface area contributed by atoms with Gasteiger partial charge in [0, 0.05) is 19.1 Å². The summed E-state index contributed by atoms with van der Waals surface area (Å²) in [5.74, 6) is 0.811. The standard InChI is InChI=1S/C19H29N3O3/c1-14-6-4-5-13-22(14)18(23)15(2)21-19(24)20-12-11-16-7-9-17(25-3)10-8-16/h7-10,14-15H,4-6,11-13H2,1-3H3,(H2,20,21,24)/t14-,15-/m1/s1. The Hall–Kier alpha value is -2.24. The minimum absolute atomic E-state index is 0.00231. The molecule has 0 aromatic heterocycles. The average Bonchev–Trinajstić information content (AvgIpc) is 2.62. The molecular formula is C19H29N3O3. The van der Waals surface area contributed by atoms with Crippen LogP contribution in [0.4, 0.5) is 4.79 Å². The summed E-state index contributed by atoms with van der Waals surface area (Å²) in [7, 11) is 1.63. The van der Waals surface area contributed by atoms with E-state index in [0.717, 1.165) is 37.1 Å². The van der Waals surface area contributed by atoms with Crippen LogP contribution in [0.25, 0.3) is 0 Å². The van der Waals surface area contributed by atoms with Crippen LogP contribution in [-0.4, -0.2) is 49.1 Å². The Kier molecular flexibility index (Phi) is 7.10. The Morgan fingerprint density at radius 2 is 2.00 bits per heavy atom. The Bertz CT molecular complexity index is 574. The lowest BCUT2D eigenvalue weighted by Gasteiger charge is -2.35. The molecule has 1 saturated heterocycles. The van der Waals surface area contributed by atoms with Gasteiger partial charge in [0.15, 0.2) is 0 Å². The van der Waals surface area contributed by atoms with Crippen LogP contribution in [-0.2, 0) is 11.2 Å². The second-order valence-corrected chi connectivity index (χ2v) is 6.60. The number of amides is 3. The van der Waals surface area contributed by atoms with Crippen molar-refractivity contribution in [1.82, 2.24) is 15.5 Å². The van der Waals surface area contributed by atoms with Crippen LogP contribution in [0, 0.1) is 0 Å². The first-order chi connectivity index (χ1) is 12.0. The monoisotopic (exact) mass is 347 g/mol. The third kappa shape index (κ3) is 5.66. The van der Waals surface area contributed by atoms with Crippen LogP contribution >= 0.6 is 0 Å². The first kappa shape index (κ1) is 19.1. The smallest absolute Gasteiger partial charge is 0.315 e. The van der Waals surface area contributed by atoms with Crippen molar-refractivity contribution in [3.63, 3.8) is 0 Å². The number of benzene rings is 1. The van der Waals surface area contributed by atoms with E-state index in [9.17, 15) is 9.59 Å². The summed E-state index contributed by atoms with van der Waals surface area (Å²) in [6.45, 7) is 5.11. The number of ether oxygens (including phenoxy) is 1. The van der Waals surface area contributed by atoms with Crippen LogP contribution in [0.5, 0.6) is 5.75 Å². The molecule has 0 aliphatic carbocycles. The zero-order chi connectivity index (χ0) is 18.2. The number of nitrogens with one attached hydrogen (secondary N) is 2. The van der Waals surface area contributed by atoms with Crippen LogP contribution < -0.4 is 15.4 Å². The van der Waals surface area contributed by atoms with Crippen molar-refractivity contribution in [3.8, 4) is 5.75 Å². The van der Waals surface area contributed by atoms with Crippen molar-refractivity contribution in [2.45, 2.75) is 51.6 Å². The molecule has 1 aliphatic heterocycles. The fourth-order valence-electron chi connectivity index (χ4n) is 3.10. The van der Waals surface area contributed by atoms with Gasteiger partial charge in [0.2, 0.25) is 5.91 Å². The van der Waals surface area contributed by atoms with Crippen molar-refractivity contribution in [1.29, 1.82) is 0 Å². The number of carbonyl (C=O) groups is 2. The maximum atomic E-state index is 12.5. The van der Waals surface area contributed by atoms with Gasteiger partial charge >= 0.3 is 6.03 Å². The van der Waals surface area contributed by atoms with Gasteiger partial charge in [-0.1, -0.05) is 12.1 Å². The lowest BCUT2D eigenvalue weighted by atomic mass is 10.0. The van der Waals surface area contributed by atoms with Gasteiger partial charge in [0.05, 0.1) is 7.11 Å². The summed E-state index contributed by atoms with van der Waals surface area (Å²) in [4.78, 5) is 26.4. The van der Waals surface area contributed by atoms with E-state index in [4.69, 9.17) is 4.74 Å². The van der Waals surface area contributed by atoms with Crippen molar-refractivity contribution < 1.29 is 14.3 Å². The maximum Gasteiger partial charge on any atom is 0.315 e. The first-order valence-electron chi connectivity index (χ1n) is 8.99. The number of rotatable bonds is 6. The number of hydrogen-bond donors (Lipinski definition) is 2. The summed E-state index contributed by atoms with van der Waals surface area (Å²) >= 11 is 0. The van der Waals surface area contributed by atoms with Gasteiger partial charge in [0.1, 0.15) is 11.8 Å². The molecule has 6 heteroatoms. The van der Waals surface area contributed by atoms with E-state index in [0.29, 0.717) is 6.54 Å². The molecule has 1 fully saturated rings. The maximum absolute atomic E-state index is 12.5. The summed E-state index contributed by atoms with van der Waals surface area (Å²) in [6, 6.07) is 7.18. The third-order valence-electron chi connectivity index (χ3n) is 4.66. The number of piperidine rings is 1. The number of methoxy groups -OCH3 is 1. The van der Waals surface area contributed by atoms with Gasteiger partial charge < -0.3 is 20.3 Å². The molecule has 1 aromatic carbocycles. The predicted octanol–water partition coefficient (Wildman–Crippen LogP) is 2.33. The fourth-order valence-corrected chi connectivity index (χ4v) is 3.10. The minimum atomic E-state index is -0.512. The Labute approximate surface area is 149 Å². The van der Waals surface area contributed by atoms with Crippen molar-refractivity contribution in [2.24, 2.45) is 0 Å². The number of carbonyl (C=O) groups excluding carboxylic acids is 2. The quantitative estimate of drug-likeness (QED) is 0.830. The number of hydrogen-bond acceptors (Lipinski definition) is 3. The molecule has 0 unspecified atom stereocenters. The van der Waals surface area contributed by atoms with Crippen LogP contribution in [0.3, 0.4) is 0 Å². The Morgan fingerprint density at radius 3 is 2.64 bits per heavy atom. The zero-order valence-corrected chi connectivity index (χ0v) is 15.4. The molecule has 25 heavy (non-hydrogen) atoms. The Morgan fingerprint density at radius 1 is 1.28 bits per heavy atom. The molecule has 2 rings (SSSR count). The van der Waals surface area contributed by atoms with Crippen molar-refractivity contribution >= 4 is 11.9 Å². The summed E-state index contributed by atoms with van der Waals surface area (Å²) in [5, 5.41) is 5.55. The third-order valence-corrected chi connectivity index (χ3v) is 4.66. The molecule has 3 amide bonds. The largest absolute Gasteiger partial charge is 0.497 e. The van der Waals surface area contributed by atoms with Crippen molar-refractivity contribution in [2.75, 3.05) is 20.2 Å². The molecular weight excluding hydrogens is 318 g/mol.